The monoisotopic (exact) mass is 282 g/mol. The van der Waals surface area contributed by atoms with Crippen molar-refractivity contribution >= 4 is 11.8 Å². The van der Waals surface area contributed by atoms with Gasteiger partial charge in [-0.25, -0.2) is 0 Å². The van der Waals surface area contributed by atoms with Gasteiger partial charge >= 0.3 is 0 Å². The molecule has 2 unspecified atom stereocenters. The molecule has 2 heterocycles. The molecular formula is C15H26N2O3. The van der Waals surface area contributed by atoms with Crippen LogP contribution >= 0.6 is 0 Å². The smallest absolute Gasteiger partial charge is 0.245 e. The van der Waals surface area contributed by atoms with Crippen molar-refractivity contribution in [3.63, 3.8) is 0 Å². The van der Waals surface area contributed by atoms with E-state index >= 15 is 0 Å². The summed E-state index contributed by atoms with van der Waals surface area (Å²) in [4.78, 5) is 26.4. The SMILES string of the molecule is CC(C)C1NC(=O)CCN(C(C)C2CCOCC2)C1=O. The predicted molar refractivity (Wildman–Crippen MR) is 76.1 cm³/mol. The van der Waals surface area contributed by atoms with E-state index in [4.69, 9.17) is 4.74 Å². The molecule has 0 saturated carbocycles. The first-order chi connectivity index (χ1) is 9.50. The zero-order valence-electron chi connectivity index (χ0n) is 12.7. The highest BCUT2D eigenvalue weighted by atomic mass is 16.5. The van der Waals surface area contributed by atoms with E-state index in [9.17, 15) is 9.59 Å². The van der Waals surface area contributed by atoms with Gasteiger partial charge in [0, 0.05) is 32.2 Å². The molecule has 114 valence electrons. The lowest BCUT2D eigenvalue weighted by atomic mass is 9.91. The van der Waals surface area contributed by atoms with Crippen LogP contribution in [0.3, 0.4) is 0 Å². The van der Waals surface area contributed by atoms with Crippen molar-refractivity contribution in [1.82, 2.24) is 10.2 Å². The van der Waals surface area contributed by atoms with Crippen molar-refractivity contribution in [2.75, 3.05) is 19.8 Å². The quantitative estimate of drug-likeness (QED) is 0.845. The lowest BCUT2D eigenvalue weighted by Crippen LogP contribution is -2.52. The van der Waals surface area contributed by atoms with Gasteiger partial charge < -0.3 is 15.0 Å². The van der Waals surface area contributed by atoms with Crippen LogP contribution in [0.2, 0.25) is 0 Å². The van der Waals surface area contributed by atoms with Crippen LogP contribution in [0, 0.1) is 11.8 Å². The molecule has 20 heavy (non-hydrogen) atoms. The third-order valence-electron chi connectivity index (χ3n) is 4.55. The van der Waals surface area contributed by atoms with Gasteiger partial charge in [0.05, 0.1) is 0 Å². The summed E-state index contributed by atoms with van der Waals surface area (Å²) in [6.07, 6.45) is 2.40. The summed E-state index contributed by atoms with van der Waals surface area (Å²) in [5, 5.41) is 2.86. The number of nitrogens with one attached hydrogen (secondary N) is 1. The van der Waals surface area contributed by atoms with Crippen molar-refractivity contribution < 1.29 is 14.3 Å². The molecule has 2 fully saturated rings. The molecular weight excluding hydrogens is 256 g/mol. The fraction of sp³-hybridized carbons (Fsp3) is 0.867. The van der Waals surface area contributed by atoms with Crippen LogP contribution < -0.4 is 5.32 Å². The maximum atomic E-state index is 12.7. The van der Waals surface area contributed by atoms with Crippen LogP contribution in [0.5, 0.6) is 0 Å². The number of ether oxygens (including phenoxy) is 1. The molecule has 2 saturated heterocycles. The predicted octanol–water partition coefficient (Wildman–Crippen LogP) is 1.17. The molecule has 2 amide bonds. The average Bonchev–Trinajstić information content (AvgIpc) is 2.59. The van der Waals surface area contributed by atoms with E-state index in [0.29, 0.717) is 18.9 Å². The first-order valence-corrected chi connectivity index (χ1v) is 7.68. The van der Waals surface area contributed by atoms with Crippen LogP contribution in [0.4, 0.5) is 0 Å². The Labute approximate surface area is 121 Å². The van der Waals surface area contributed by atoms with E-state index in [-0.39, 0.29) is 29.8 Å². The van der Waals surface area contributed by atoms with E-state index in [1.165, 1.54) is 0 Å². The first kappa shape index (κ1) is 15.3. The van der Waals surface area contributed by atoms with E-state index in [1.807, 2.05) is 18.7 Å². The summed E-state index contributed by atoms with van der Waals surface area (Å²) < 4.78 is 5.40. The van der Waals surface area contributed by atoms with Crippen LogP contribution in [-0.2, 0) is 14.3 Å². The standard InChI is InChI=1S/C15H26N2O3/c1-10(2)14-15(19)17(7-4-13(18)16-14)11(3)12-5-8-20-9-6-12/h10-12,14H,4-9H2,1-3H3,(H,16,18). The number of carbonyl (C=O) groups excluding carboxylic acids is 2. The highest BCUT2D eigenvalue weighted by molar-refractivity contribution is 5.90. The third-order valence-corrected chi connectivity index (χ3v) is 4.55. The van der Waals surface area contributed by atoms with Crippen LogP contribution in [0.15, 0.2) is 0 Å². The molecule has 5 nitrogen and oxygen atoms in total. The van der Waals surface area contributed by atoms with Crippen LogP contribution in [0.1, 0.15) is 40.0 Å². The lowest BCUT2D eigenvalue weighted by Gasteiger charge is -2.37. The molecule has 2 rings (SSSR count). The van der Waals surface area contributed by atoms with Gasteiger partial charge in [-0.1, -0.05) is 13.8 Å². The Kier molecular flexibility index (Phi) is 5.02. The number of carbonyl (C=O) groups is 2. The fourth-order valence-corrected chi connectivity index (χ4v) is 3.13. The first-order valence-electron chi connectivity index (χ1n) is 7.68. The van der Waals surface area contributed by atoms with Gasteiger partial charge in [0.15, 0.2) is 0 Å². The van der Waals surface area contributed by atoms with Gasteiger partial charge in [0.25, 0.3) is 0 Å². The molecule has 0 aromatic carbocycles. The van der Waals surface area contributed by atoms with E-state index < -0.39 is 0 Å². The zero-order chi connectivity index (χ0) is 14.7. The summed E-state index contributed by atoms with van der Waals surface area (Å²) in [7, 11) is 0. The molecule has 5 heteroatoms. The molecule has 0 aromatic heterocycles. The summed E-state index contributed by atoms with van der Waals surface area (Å²) in [5.41, 5.74) is 0. The van der Waals surface area contributed by atoms with Crippen molar-refractivity contribution in [2.24, 2.45) is 11.8 Å². The molecule has 1 N–H and O–H groups in total. The molecule has 0 aliphatic carbocycles. The molecule has 0 bridgehead atoms. The highest BCUT2D eigenvalue weighted by Crippen LogP contribution is 2.25. The van der Waals surface area contributed by atoms with Crippen molar-refractivity contribution in [3.05, 3.63) is 0 Å². The second-order valence-corrected chi connectivity index (χ2v) is 6.26. The topological polar surface area (TPSA) is 58.6 Å². The minimum Gasteiger partial charge on any atom is -0.381 e. The maximum absolute atomic E-state index is 12.7. The zero-order valence-corrected chi connectivity index (χ0v) is 12.7. The Morgan fingerprint density at radius 2 is 1.85 bits per heavy atom. The minimum atomic E-state index is -0.382. The normalized spacial score (nSPS) is 27.4. The lowest BCUT2D eigenvalue weighted by molar-refractivity contribution is -0.138. The Bertz CT molecular complexity index is 364. The Hall–Kier alpha value is -1.10. The molecule has 2 atom stereocenters. The van der Waals surface area contributed by atoms with Gasteiger partial charge in [-0.3, -0.25) is 9.59 Å². The van der Waals surface area contributed by atoms with Crippen LogP contribution in [-0.4, -0.2) is 48.6 Å². The Balaban J connectivity index is 2.11. The van der Waals surface area contributed by atoms with Gasteiger partial charge in [0.2, 0.25) is 11.8 Å². The third kappa shape index (κ3) is 3.32. The second-order valence-electron chi connectivity index (χ2n) is 6.26. The molecule has 2 aliphatic heterocycles. The van der Waals surface area contributed by atoms with Crippen LogP contribution in [0.25, 0.3) is 0 Å². The average molecular weight is 282 g/mol. The molecule has 0 radical (unpaired) electrons. The number of rotatable bonds is 3. The fourth-order valence-electron chi connectivity index (χ4n) is 3.13. The van der Waals surface area contributed by atoms with Crippen molar-refractivity contribution in [2.45, 2.75) is 52.1 Å². The van der Waals surface area contributed by atoms with Gasteiger partial charge in [-0.05, 0) is 31.6 Å². The van der Waals surface area contributed by atoms with E-state index in [2.05, 4.69) is 12.2 Å². The minimum absolute atomic E-state index is 0.0151. The van der Waals surface area contributed by atoms with Gasteiger partial charge in [-0.15, -0.1) is 0 Å². The Morgan fingerprint density at radius 1 is 1.20 bits per heavy atom. The number of nitrogens with zero attached hydrogens (tertiary/aromatic N) is 1. The number of amides is 2. The molecule has 0 aromatic rings. The van der Waals surface area contributed by atoms with Gasteiger partial charge in [-0.2, -0.15) is 0 Å². The largest absolute Gasteiger partial charge is 0.381 e. The summed E-state index contributed by atoms with van der Waals surface area (Å²) in [6.45, 7) is 8.16. The summed E-state index contributed by atoms with van der Waals surface area (Å²) in [5.74, 6) is 0.659. The Morgan fingerprint density at radius 3 is 2.45 bits per heavy atom. The summed E-state index contributed by atoms with van der Waals surface area (Å²) in [6, 6.07) is -0.201. The second kappa shape index (κ2) is 6.57. The van der Waals surface area contributed by atoms with Crippen molar-refractivity contribution in [3.8, 4) is 0 Å². The summed E-state index contributed by atoms with van der Waals surface area (Å²) >= 11 is 0. The van der Waals surface area contributed by atoms with E-state index in [0.717, 1.165) is 26.1 Å². The highest BCUT2D eigenvalue weighted by Gasteiger charge is 2.36. The number of hydrogen-bond acceptors (Lipinski definition) is 3. The van der Waals surface area contributed by atoms with E-state index in [1.54, 1.807) is 0 Å². The van der Waals surface area contributed by atoms with Gasteiger partial charge in [0.1, 0.15) is 6.04 Å². The van der Waals surface area contributed by atoms with Crippen molar-refractivity contribution in [1.29, 1.82) is 0 Å². The molecule has 0 spiro atoms. The maximum Gasteiger partial charge on any atom is 0.245 e. The molecule has 2 aliphatic rings. The number of hydrogen-bond donors (Lipinski definition) is 1.